The first kappa shape index (κ1) is 13.7. The smallest absolute Gasteiger partial charge is 0.351 e. The number of amides is 1. The van der Waals surface area contributed by atoms with E-state index in [1.807, 2.05) is 0 Å². The summed E-state index contributed by atoms with van der Waals surface area (Å²) in [6.07, 6.45) is -5.30. The van der Waals surface area contributed by atoms with Crippen LogP contribution in [-0.4, -0.2) is 28.8 Å². The lowest BCUT2D eigenvalue weighted by Crippen LogP contribution is -2.26. The molecule has 1 aromatic rings. The van der Waals surface area contributed by atoms with Crippen molar-refractivity contribution in [3.05, 3.63) is 23.0 Å². The van der Waals surface area contributed by atoms with Crippen molar-refractivity contribution in [3.8, 4) is 0 Å². The molecule has 0 radical (unpaired) electrons. The van der Waals surface area contributed by atoms with Crippen molar-refractivity contribution in [1.29, 1.82) is 0 Å². The van der Waals surface area contributed by atoms with Crippen molar-refractivity contribution >= 4 is 17.5 Å². The van der Waals surface area contributed by atoms with Gasteiger partial charge in [0.15, 0.2) is 10.8 Å². The second-order valence-electron chi connectivity index (χ2n) is 3.22. The maximum atomic E-state index is 11.8. The van der Waals surface area contributed by atoms with Crippen LogP contribution < -0.4 is 5.32 Å². The highest BCUT2D eigenvalue weighted by atomic mass is 35.5. The van der Waals surface area contributed by atoms with E-state index in [1.165, 1.54) is 12.1 Å². The fourth-order valence-corrected chi connectivity index (χ4v) is 1.12. The van der Waals surface area contributed by atoms with E-state index in [9.17, 15) is 18.0 Å². The molecular formula is C9H9ClF3N3O. The lowest BCUT2D eigenvalue weighted by atomic mass is 10.3. The Labute approximate surface area is 100 Å². The predicted octanol–water partition coefficient (Wildman–Crippen LogP) is 2.20. The lowest BCUT2D eigenvalue weighted by molar-refractivity contribution is -0.135. The van der Waals surface area contributed by atoms with Crippen LogP contribution in [0.15, 0.2) is 12.1 Å². The first-order valence-corrected chi connectivity index (χ1v) is 5.10. The number of hydrogen-bond donors (Lipinski definition) is 1. The number of aromatic nitrogens is 2. The summed E-state index contributed by atoms with van der Waals surface area (Å²) in [7, 11) is 0. The molecule has 0 saturated heterocycles. The zero-order valence-corrected chi connectivity index (χ0v) is 9.35. The number of carbonyl (C=O) groups excluding carboxylic acids is 1. The van der Waals surface area contributed by atoms with Crippen molar-refractivity contribution < 1.29 is 18.0 Å². The van der Waals surface area contributed by atoms with Gasteiger partial charge in [0.1, 0.15) is 0 Å². The van der Waals surface area contributed by atoms with Gasteiger partial charge in [-0.3, -0.25) is 4.79 Å². The first-order chi connectivity index (χ1) is 7.88. The van der Waals surface area contributed by atoms with Crippen LogP contribution in [0.5, 0.6) is 0 Å². The van der Waals surface area contributed by atoms with Crippen molar-refractivity contribution in [2.45, 2.75) is 19.0 Å². The second kappa shape index (κ2) is 5.81. The van der Waals surface area contributed by atoms with E-state index < -0.39 is 18.5 Å². The SMILES string of the molecule is O=C(NCCCC(F)(F)F)c1ccc(Cl)nn1. The van der Waals surface area contributed by atoms with Crippen LogP contribution in [0, 0.1) is 0 Å². The van der Waals surface area contributed by atoms with Gasteiger partial charge in [0.25, 0.3) is 5.91 Å². The highest BCUT2D eigenvalue weighted by molar-refractivity contribution is 6.29. The van der Waals surface area contributed by atoms with Crippen LogP contribution in [0.2, 0.25) is 5.15 Å². The van der Waals surface area contributed by atoms with Crippen molar-refractivity contribution in [2.75, 3.05) is 6.54 Å². The van der Waals surface area contributed by atoms with Crippen molar-refractivity contribution in [3.63, 3.8) is 0 Å². The van der Waals surface area contributed by atoms with Gasteiger partial charge >= 0.3 is 6.18 Å². The van der Waals surface area contributed by atoms with Crippen LogP contribution in [0.1, 0.15) is 23.3 Å². The minimum atomic E-state index is -4.20. The second-order valence-corrected chi connectivity index (χ2v) is 3.60. The molecular weight excluding hydrogens is 259 g/mol. The highest BCUT2D eigenvalue weighted by Crippen LogP contribution is 2.20. The normalized spacial score (nSPS) is 11.3. The number of halogens is 4. The number of nitrogens with one attached hydrogen (secondary N) is 1. The molecule has 0 bridgehead atoms. The number of hydrogen-bond acceptors (Lipinski definition) is 3. The molecule has 1 aromatic heterocycles. The average Bonchev–Trinajstić information content (AvgIpc) is 2.24. The molecule has 1 rings (SSSR count). The third-order valence-electron chi connectivity index (χ3n) is 1.79. The zero-order chi connectivity index (χ0) is 12.9. The molecule has 0 saturated carbocycles. The summed E-state index contributed by atoms with van der Waals surface area (Å²) < 4.78 is 35.4. The molecule has 1 N–H and O–H groups in total. The van der Waals surface area contributed by atoms with E-state index in [0.29, 0.717) is 0 Å². The van der Waals surface area contributed by atoms with Gasteiger partial charge in [-0.1, -0.05) is 11.6 Å². The number of nitrogens with zero attached hydrogens (tertiary/aromatic N) is 2. The molecule has 4 nitrogen and oxygen atoms in total. The minimum absolute atomic E-state index is 0.0152. The summed E-state index contributed by atoms with van der Waals surface area (Å²) >= 11 is 5.46. The van der Waals surface area contributed by atoms with Crippen LogP contribution in [0.25, 0.3) is 0 Å². The number of rotatable bonds is 4. The summed E-state index contributed by atoms with van der Waals surface area (Å²) in [5.41, 5.74) is 0.0152. The summed E-state index contributed by atoms with van der Waals surface area (Å²) in [6, 6.07) is 2.72. The number of carbonyl (C=O) groups is 1. The van der Waals surface area contributed by atoms with Gasteiger partial charge in [-0.2, -0.15) is 13.2 Å². The molecule has 0 aliphatic heterocycles. The molecule has 0 unspecified atom stereocenters. The third-order valence-corrected chi connectivity index (χ3v) is 1.99. The monoisotopic (exact) mass is 267 g/mol. The maximum Gasteiger partial charge on any atom is 0.389 e. The average molecular weight is 268 g/mol. The Morgan fingerprint density at radius 2 is 2.06 bits per heavy atom. The minimum Gasteiger partial charge on any atom is -0.351 e. The number of alkyl halides is 3. The standard InChI is InChI=1S/C9H9ClF3N3O/c10-7-3-2-6(15-16-7)8(17)14-5-1-4-9(11,12)13/h2-3H,1,4-5H2,(H,14,17). The Balaban J connectivity index is 2.33. The van der Waals surface area contributed by atoms with Gasteiger partial charge in [-0.05, 0) is 18.6 Å². The molecule has 0 fully saturated rings. The van der Waals surface area contributed by atoms with Crippen LogP contribution in [-0.2, 0) is 0 Å². The molecule has 17 heavy (non-hydrogen) atoms. The van der Waals surface area contributed by atoms with Crippen LogP contribution in [0.3, 0.4) is 0 Å². The van der Waals surface area contributed by atoms with E-state index in [1.54, 1.807) is 0 Å². The molecule has 8 heteroatoms. The Bertz CT molecular complexity index is 380. The topological polar surface area (TPSA) is 54.9 Å². The summed E-state index contributed by atoms with van der Waals surface area (Å²) in [4.78, 5) is 11.3. The Hall–Kier alpha value is -1.37. The molecule has 0 aliphatic rings. The van der Waals surface area contributed by atoms with Gasteiger partial charge in [0.05, 0.1) is 0 Å². The lowest BCUT2D eigenvalue weighted by Gasteiger charge is -2.06. The molecule has 1 amide bonds. The van der Waals surface area contributed by atoms with Gasteiger partial charge in [-0.25, -0.2) is 0 Å². The Morgan fingerprint density at radius 1 is 1.35 bits per heavy atom. The fraction of sp³-hybridized carbons (Fsp3) is 0.444. The summed E-state index contributed by atoms with van der Waals surface area (Å²) in [5.74, 6) is -0.573. The van der Waals surface area contributed by atoms with Crippen molar-refractivity contribution in [2.24, 2.45) is 0 Å². The fourth-order valence-electron chi connectivity index (χ4n) is 1.02. The summed E-state index contributed by atoms with van der Waals surface area (Å²) in [5, 5.41) is 9.38. The Morgan fingerprint density at radius 3 is 2.59 bits per heavy atom. The van der Waals surface area contributed by atoms with Gasteiger partial charge in [0, 0.05) is 13.0 Å². The molecule has 0 spiro atoms. The molecule has 1 heterocycles. The van der Waals surface area contributed by atoms with E-state index >= 15 is 0 Å². The predicted molar refractivity (Wildman–Crippen MR) is 54.7 cm³/mol. The van der Waals surface area contributed by atoms with E-state index in [4.69, 9.17) is 11.6 Å². The van der Waals surface area contributed by atoms with E-state index in [0.717, 1.165) is 0 Å². The van der Waals surface area contributed by atoms with Crippen LogP contribution >= 0.6 is 11.6 Å². The first-order valence-electron chi connectivity index (χ1n) is 4.73. The van der Waals surface area contributed by atoms with Gasteiger partial charge in [-0.15, -0.1) is 10.2 Å². The maximum absolute atomic E-state index is 11.8. The Kier molecular flexibility index (Phi) is 4.68. The van der Waals surface area contributed by atoms with Crippen LogP contribution in [0.4, 0.5) is 13.2 Å². The van der Waals surface area contributed by atoms with Gasteiger partial charge in [0.2, 0.25) is 0 Å². The quantitative estimate of drug-likeness (QED) is 0.851. The third kappa shape index (κ3) is 5.48. The highest BCUT2D eigenvalue weighted by Gasteiger charge is 2.26. The molecule has 94 valence electrons. The molecule has 0 aliphatic carbocycles. The van der Waals surface area contributed by atoms with E-state index in [2.05, 4.69) is 15.5 Å². The molecule has 0 aromatic carbocycles. The van der Waals surface area contributed by atoms with Crippen molar-refractivity contribution in [1.82, 2.24) is 15.5 Å². The zero-order valence-electron chi connectivity index (χ0n) is 8.59. The summed E-state index contributed by atoms with van der Waals surface area (Å²) in [6.45, 7) is -0.0668. The molecule has 0 atom stereocenters. The largest absolute Gasteiger partial charge is 0.389 e. The van der Waals surface area contributed by atoms with Gasteiger partial charge < -0.3 is 5.32 Å². The van der Waals surface area contributed by atoms with E-state index in [-0.39, 0.29) is 23.8 Å².